The highest BCUT2D eigenvalue weighted by Gasteiger charge is 2.34. The molecule has 0 aromatic heterocycles. The van der Waals surface area contributed by atoms with Crippen molar-refractivity contribution in [1.82, 2.24) is 5.32 Å². The van der Waals surface area contributed by atoms with Crippen molar-refractivity contribution in [3.05, 3.63) is 23.8 Å². The molecule has 0 aliphatic carbocycles. The number of nitrogens with one attached hydrogen (secondary N) is 2. The third-order valence-corrected chi connectivity index (χ3v) is 3.70. The van der Waals surface area contributed by atoms with Crippen molar-refractivity contribution in [1.29, 1.82) is 0 Å². The third kappa shape index (κ3) is 7.73. The summed E-state index contributed by atoms with van der Waals surface area (Å²) < 4.78 is 15.1. The van der Waals surface area contributed by atoms with E-state index in [2.05, 4.69) is 10.6 Å². The zero-order valence-electron chi connectivity index (χ0n) is 18.7. The fourth-order valence-electron chi connectivity index (χ4n) is 2.41. The maximum atomic E-state index is 12.9. The van der Waals surface area contributed by atoms with Crippen molar-refractivity contribution >= 4 is 29.6 Å². The van der Waals surface area contributed by atoms with E-state index in [9.17, 15) is 19.2 Å². The first-order valence-corrected chi connectivity index (χ1v) is 9.35. The van der Waals surface area contributed by atoms with Crippen LogP contribution in [0.1, 0.15) is 58.8 Å². The molecule has 166 valence electrons. The van der Waals surface area contributed by atoms with Gasteiger partial charge < -0.3 is 19.5 Å². The molecule has 30 heavy (non-hydrogen) atoms. The number of ether oxygens (including phenoxy) is 3. The summed E-state index contributed by atoms with van der Waals surface area (Å²) in [5.41, 5.74) is -1.15. The highest BCUT2D eigenvalue weighted by Crippen LogP contribution is 2.26. The van der Waals surface area contributed by atoms with Crippen LogP contribution in [0.4, 0.5) is 10.5 Å². The number of hydrogen-bond acceptors (Lipinski definition) is 7. The van der Waals surface area contributed by atoms with Gasteiger partial charge in [-0.05, 0) is 44.4 Å². The highest BCUT2D eigenvalue weighted by atomic mass is 16.6. The number of hydrogen-bond donors (Lipinski definition) is 2. The number of carbonyl (C=O) groups is 4. The standard InChI is InChI=1S/C21H30N2O7/c1-12(24)29-15-10-9-13(22-19(27)30-21(5,6)7)11-14(15)17(25)23-16(18(26)28-8)20(2,3)4/h9-11,16H,1-8H3,(H,22,27)(H,23,25)/t16-/m1/s1. The first-order chi connectivity index (χ1) is 13.6. The van der Waals surface area contributed by atoms with Crippen LogP contribution in [-0.4, -0.2) is 42.7 Å². The molecule has 2 amide bonds. The van der Waals surface area contributed by atoms with Crippen molar-refractivity contribution in [2.45, 2.75) is 60.1 Å². The topological polar surface area (TPSA) is 120 Å². The van der Waals surface area contributed by atoms with Gasteiger partial charge in [-0.3, -0.25) is 14.9 Å². The van der Waals surface area contributed by atoms with Crippen LogP contribution in [0.25, 0.3) is 0 Å². The molecule has 0 saturated carbocycles. The fraction of sp³-hybridized carbons (Fsp3) is 0.524. The Labute approximate surface area is 176 Å². The van der Waals surface area contributed by atoms with Gasteiger partial charge in [0, 0.05) is 12.6 Å². The lowest BCUT2D eigenvalue weighted by Gasteiger charge is -2.29. The molecule has 0 heterocycles. The number of rotatable bonds is 5. The summed E-state index contributed by atoms with van der Waals surface area (Å²) >= 11 is 0. The summed E-state index contributed by atoms with van der Waals surface area (Å²) in [4.78, 5) is 48.5. The Balaban J connectivity index is 3.25. The molecule has 1 rings (SSSR count). The van der Waals surface area contributed by atoms with E-state index in [1.807, 2.05) is 0 Å². The van der Waals surface area contributed by atoms with Crippen LogP contribution in [0.5, 0.6) is 5.75 Å². The maximum absolute atomic E-state index is 12.9. The lowest BCUT2D eigenvalue weighted by Crippen LogP contribution is -2.49. The first-order valence-electron chi connectivity index (χ1n) is 9.35. The quantitative estimate of drug-likeness (QED) is 0.552. The van der Waals surface area contributed by atoms with Gasteiger partial charge in [0.05, 0.1) is 12.7 Å². The SMILES string of the molecule is COC(=O)[C@@H](NC(=O)c1cc(NC(=O)OC(C)(C)C)ccc1OC(C)=O)C(C)(C)C. The molecule has 0 radical (unpaired) electrons. The molecule has 0 unspecified atom stereocenters. The van der Waals surface area contributed by atoms with E-state index in [1.165, 1.54) is 32.2 Å². The minimum absolute atomic E-state index is 0.0211. The summed E-state index contributed by atoms with van der Waals surface area (Å²) in [7, 11) is 1.23. The van der Waals surface area contributed by atoms with Gasteiger partial charge in [-0.2, -0.15) is 0 Å². The lowest BCUT2D eigenvalue weighted by atomic mass is 9.86. The molecule has 0 aliphatic heterocycles. The van der Waals surface area contributed by atoms with Crippen LogP contribution in [0.2, 0.25) is 0 Å². The predicted octanol–water partition coefficient (Wildman–Crippen LogP) is 3.28. The summed E-state index contributed by atoms with van der Waals surface area (Å²) in [6.07, 6.45) is -0.712. The summed E-state index contributed by atoms with van der Waals surface area (Å²) in [5, 5.41) is 5.13. The molecule has 9 nitrogen and oxygen atoms in total. The Kier molecular flexibility index (Phi) is 7.98. The van der Waals surface area contributed by atoms with Gasteiger partial charge in [0.1, 0.15) is 17.4 Å². The Morgan fingerprint density at radius 1 is 1.00 bits per heavy atom. The minimum atomic E-state index is -0.956. The fourth-order valence-corrected chi connectivity index (χ4v) is 2.41. The van der Waals surface area contributed by atoms with Crippen LogP contribution in [-0.2, 0) is 19.1 Å². The van der Waals surface area contributed by atoms with Gasteiger partial charge in [-0.15, -0.1) is 0 Å². The molecular weight excluding hydrogens is 392 g/mol. The summed E-state index contributed by atoms with van der Waals surface area (Å²) in [6, 6.07) is 3.20. The second kappa shape index (κ2) is 9.60. The molecule has 1 aromatic rings. The second-order valence-electron chi connectivity index (χ2n) is 8.73. The molecule has 0 aliphatic rings. The number of anilines is 1. The molecule has 2 N–H and O–H groups in total. The van der Waals surface area contributed by atoms with Gasteiger partial charge in [0.25, 0.3) is 5.91 Å². The second-order valence-corrected chi connectivity index (χ2v) is 8.73. The van der Waals surface area contributed by atoms with Crippen molar-refractivity contribution in [2.75, 3.05) is 12.4 Å². The zero-order valence-corrected chi connectivity index (χ0v) is 18.7. The minimum Gasteiger partial charge on any atom is -0.467 e. The molecular formula is C21H30N2O7. The number of carbonyl (C=O) groups excluding carboxylic acids is 4. The van der Waals surface area contributed by atoms with Crippen LogP contribution < -0.4 is 15.4 Å². The van der Waals surface area contributed by atoms with Crippen molar-refractivity contribution in [2.24, 2.45) is 5.41 Å². The van der Waals surface area contributed by atoms with Crippen molar-refractivity contribution in [3.8, 4) is 5.75 Å². The highest BCUT2D eigenvalue weighted by molar-refractivity contribution is 6.01. The molecule has 1 aromatic carbocycles. The average molecular weight is 422 g/mol. The summed E-state index contributed by atoms with van der Waals surface area (Å²) in [5.74, 6) is -1.94. The number of methoxy groups -OCH3 is 1. The van der Waals surface area contributed by atoms with Crippen molar-refractivity contribution < 1.29 is 33.4 Å². The largest absolute Gasteiger partial charge is 0.467 e. The van der Waals surface area contributed by atoms with Crippen LogP contribution >= 0.6 is 0 Å². The Bertz CT molecular complexity index is 820. The number of benzene rings is 1. The van der Waals surface area contributed by atoms with E-state index < -0.39 is 41.0 Å². The normalized spacial score (nSPS) is 12.4. The van der Waals surface area contributed by atoms with Gasteiger partial charge >= 0.3 is 18.0 Å². The van der Waals surface area contributed by atoms with E-state index in [0.29, 0.717) is 0 Å². The maximum Gasteiger partial charge on any atom is 0.412 e. The van der Waals surface area contributed by atoms with E-state index in [1.54, 1.807) is 41.5 Å². The molecule has 0 spiro atoms. The molecule has 0 bridgehead atoms. The summed E-state index contributed by atoms with van der Waals surface area (Å²) in [6.45, 7) is 11.6. The zero-order chi connectivity index (χ0) is 23.3. The van der Waals surface area contributed by atoms with E-state index in [4.69, 9.17) is 14.2 Å². The molecule has 0 fully saturated rings. The van der Waals surface area contributed by atoms with E-state index in [0.717, 1.165) is 0 Å². The number of amides is 2. The van der Waals surface area contributed by atoms with Gasteiger partial charge in [0.2, 0.25) is 0 Å². The van der Waals surface area contributed by atoms with Crippen LogP contribution in [0.15, 0.2) is 18.2 Å². The Morgan fingerprint density at radius 3 is 2.07 bits per heavy atom. The van der Waals surface area contributed by atoms with Crippen molar-refractivity contribution in [3.63, 3.8) is 0 Å². The van der Waals surface area contributed by atoms with E-state index in [-0.39, 0.29) is 17.0 Å². The molecule has 9 heteroatoms. The number of esters is 2. The van der Waals surface area contributed by atoms with Crippen LogP contribution in [0.3, 0.4) is 0 Å². The molecule has 1 atom stereocenters. The monoisotopic (exact) mass is 422 g/mol. The first kappa shape index (κ1) is 24.9. The van der Waals surface area contributed by atoms with E-state index >= 15 is 0 Å². The predicted molar refractivity (Wildman–Crippen MR) is 110 cm³/mol. The van der Waals surface area contributed by atoms with Gasteiger partial charge in [-0.25, -0.2) is 9.59 Å². The third-order valence-electron chi connectivity index (χ3n) is 3.70. The van der Waals surface area contributed by atoms with Crippen LogP contribution in [0, 0.1) is 5.41 Å². The van der Waals surface area contributed by atoms with Gasteiger partial charge in [0.15, 0.2) is 0 Å². The average Bonchev–Trinajstić information content (AvgIpc) is 2.56. The molecule has 0 saturated heterocycles. The Morgan fingerprint density at radius 2 is 1.60 bits per heavy atom. The lowest BCUT2D eigenvalue weighted by molar-refractivity contribution is -0.145. The Hall–Kier alpha value is -3.10. The van der Waals surface area contributed by atoms with Gasteiger partial charge in [-0.1, -0.05) is 20.8 Å². The smallest absolute Gasteiger partial charge is 0.412 e.